The van der Waals surface area contributed by atoms with Gasteiger partial charge in [0.1, 0.15) is 16.9 Å². The van der Waals surface area contributed by atoms with Crippen LogP contribution >= 0.6 is 11.3 Å². The standard InChI is InChI=1S/C16H17N5OS/c17-8-12-11-2-1-3-13(11)23-16(12)19-15(22)10-20-6-7-21-5-4-18-14(21)9-20/h4-5H,1-3,6-7,9-10H2,(H,19,22). The molecule has 0 radical (unpaired) electrons. The average Bonchev–Trinajstić information content (AvgIpc) is 3.21. The predicted molar refractivity (Wildman–Crippen MR) is 87.2 cm³/mol. The van der Waals surface area contributed by atoms with Crippen LogP contribution in [0.4, 0.5) is 5.00 Å². The Kier molecular flexibility index (Phi) is 3.63. The van der Waals surface area contributed by atoms with Crippen LogP contribution in [-0.2, 0) is 30.7 Å². The van der Waals surface area contributed by atoms with E-state index in [1.165, 1.54) is 4.88 Å². The average molecular weight is 327 g/mol. The van der Waals surface area contributed by atoms with Crippen molar-refractivity contribution in [3.05, 3.63) is 34.2 Å². The summed E-state index contributed by atoms with van der Waals surface area (Å²) in [5.41, 5.74) is 1.82. The monoisotopic (exact) mass is 327 g/mol. The molecule has 0 unspecified atom stereocenters. The molecule has 2 aliphatic rings. The van der Waals surface area contributed by atoms with Gasteiger partial charge in [-0.2, -0.15) is 5.26 Å². The summed E-state index contributed by atoms with van der Waals surface area (Å²) >= 11 is 1.56. The zero-order chi connectivity index (χ0) is 15.8. The molecular weight excluding hydrogens is 310 g/mol. The van der Waals surface area contributed by atoms with Gasteiger partial charge in [0, 0.05) is 30.4 Å². The fourth-order valence-corrected chi connectivity index (χ4v) is 4.59. The van der Waals surface area contributed by atoms with E-state index in [0.29, 0.717) is 18.7 Å². The number of rotatable bonds is 3. The van der Waals surface area contributed by atoms with Crippen LogP contribution in [0.3, 0.4) is 0 Å². The van der Waals surface area contributed by atoms with Gasteiger partial charge in [0.2, 0.25) is 5.91 Å². The van der Waals surface area contributed by atoms with Gasteiger partial charge in [-0.3, -0.25) is 9.69 Å². The van der Waals surface area contributed by atoms with Gasteiger partial charge in [0.15, 0.2) is 0 Å². The number of nitrogens with zero attached hydrogens (tertiary/aromatic N) is 4. The first kappa shape index (κ1) is 14.4. The molecular formula is C16H17N5OS. The highest BCUT2D eigenvalue weighted by Crippen LogP contribution is 2.38. The molecule has 4 rings (SSSR count). The Morgan fingerprint density at radius 3 is 3.22 bits per heavy atom. The molecule has 3 heterocycles. The summed E-state index contributed by atoms with van der Waals surface area (Å²) in [6.07, 6.45) is 6.87. The Morgan fingerprint density at radius 2 is 2.35 bits per heavy atom. The second-order valence-electron chi connectivity index (χ2n) is 5.97. The third kappa shape index (κ3) is 2.64. The van der Waals surface area contributed by atoms with Gasteiger partial charge in [-0.15, -0.1) is 11.3 Å². The SMILES string of the molecule is N#Cc1c(NC(=O)CN2CCn3ccnc3C2)sc2c1CCC2. The number of thiophene rings is 1. The summed E-state index contributed by atoms with van der Waals surface area (Å²) < 4.78 is 2.12. The van der Waals surface area contributed by atoms with Crippen LogP contribution in [0.1, 0.15) is 28.2 Å². The second kappa shape index (κ2) is 5.80. The summed E-state index contributed by atoms with van der Waals surface area (Å²) in [5, 5.41) is 13.0. The van der Waals surface area contributed by atoms with Crippen LogP contribution in [0.25, 0.3) is 0 Å². The fourth-order valence-electron chi connectivity index (χ4n) is 3.34. The largest absolute Gasteiger partial charge is 0.333 e. The van der Waals surface area contributed by atoms with Crippen LogP contribution in [0.15, 0.2) is 12.4 Å². The molecule has 1 aliphatic carbocycles. The zero-order valence-electron chi connectivity index (χ0n) is 12.7. The molecule has 6 nitrogen and oxygen atoms in total. The molecule has 0 fully saturated rings. The number of fused-ring (bicyclic) bond motifs is 2. The third-order valence-corrected chi connectivity index (χ3v) is 5.68. The maximum absolute atomic E-state index is 12.3. The summed E-state index contributed by atoms with van der Waals surface area (Å²) in [6, 6.07) is 2.26. The van der Waals surface area contributed by atoms with Crippen molar-refractivity contribution >= 4 is 22.2 Å². The lowest BCUT2D eigenvalue weighted by molar-refractivity contribution is -0.117. The summed E-state index contributed by atoms with van der Waals surface area (Å²) in [6.45, 7) is 2.72. The van der Waals surface area contributed by atoms with Gasteiger partial charge < -0.3 is 9.88 Å². The molecule has 0 spiro atoms. The Morgan fingerprint density at radius 1 is 1.43 bits per heavy atom. The molecule has 7 heteroatoms. The van der Waals surface area contributed by atoms with Gasteiger partial charge >= 0.3 is 0 Å². The van der Waals surface area contributed by atoms with E-state index in [1.54, 1.807) is 17.5 Å². The minimum Gasteiger partial charge on any atom is -0.333 e. The lowest BCUT2D eigenvalue weighted by Gasteiger charge is -2.26. The zero-order valence-corrected chi connectivity index (χ0v) is 13.5. The fraction of sp³-hybridized carbons (Fsp3) is 0.438. The minimum absolute atomic E-state index is 0.0542. The Balaban J connectivity index is 1.42. The summed E-state index contributed by atoms with van der Waals surface area (Å²) in [5.74, 6) is 0.943. The van der Waals surface area contributed by atoms with Crippen molar-refractivity contribution in [3.8, 4) is 6.07 Å². The lowest BCUT2D eigenvalue weighted by Crippen LogP contribution is -2.39. The van der Waals surface area contributed by atoms with E-state index in [0.717, 1.165) is 48.7 Å². The number of nitrogens with one attached hydrogen (secondary N) is 1. The van der Waals surface area contributed by atoms with Gasteiger partial charge in [-0.25, -0.2) is 4.98 Å². The predicted octanol–water partition coefficient (Wildman–Crippen LogP) is 1.76. The lowest BCUT2D eigenvalue weighted by atomic mass is 10.1. The molecule has 118 valence electrons. The van der Waals surface area contributed by atoms with Gasteiger partial charge in [0.25, 0.3) is 0 Å². The highest BCUT2D eigenvalue weighted by molar-refractivity contribution is 7.16. The number of anilines is 1. The van der Waals surface area contributed by atoms with Crippen molar-refractivity contribution in [2.75, 3.05) is 18.4 Å². The topological polar surface area (TPSA) is 74.0 Å². The van der Waals surface area contributed by atoms with Crippen molar-refractivity contribution in [1.82, 2.24) is 14.5 Å². The Hall–Kier alpha value is -2.17. The van der Waals surface area contributed by atoms with E-state index in [1.807, 2.05) is 6.20 Å². The van der Waals surface area contributed by atoms with Gasteiger partial charge in [-0.05, 0) is 24.8 Å². The van der Waals surface area contributed by atoms with E-state index in [-0.39, 0.29) is 5.91 Å². The van der Waals surface area contributed by atoms with Crippen molar-refractivity contribution in [2.24, 2.45) is 0 Å². The Bertz CT molecular complexity index is 800. The molecule has 0 saturated heterocycles. The van der Waals surface area contributed by atoms with Crippen LogP contribution in [0.2, 0.25) is 0 Å². The van der Waals surface area contributed by atoms with Crippen molar-refractivity contribution in [2.45, 2.75) is 32.4 Å². The number of hydrogen-bond acceptors (Lipinski definition) is 5. The van der Waals surface area contributed by atoms with E-state index < -0.39 is 0 Å². The molecule has 23 heavy (non-hydrogen) atoms. The maximum atomic E-state index is 12.3. The smallest absolute Gasteiger partial charge is 0.239 e. The summed E-state index contributed by atoms with van der Waals surface area (Å²) in [4.78, 5) is 20.0. The van der Waals surface area contributed by atoms with Crippen LogP contribution < -0.4 is 5.32 Å². The number of hydrogen-bond donors (Lipinski definition) is 1. The van der Waals surface area contributed by atoms with E-state index >= 15 is 0 Å². The van der Waals surface area contributed by atoms with Crippen molar-refractivity contribution < 1.29 is 4.79 Å². The van der Waals surface area contributed by atoms with Crippen molar-refractivity contribution in [3.63, 3.8) is 0 Å². The van der Waals surface area contributed by atoms with Crippen LogP contribution in [-0.4, -0.2) is 33.4 Å². The minimum atomic E-state index is -0.0542. The third-order valence-electron chi connectivity index (χ3n) is 4.48. The number of aromatic nitrogens is 2. The second-order valence-corrected chi connectivity index (χ2v) is 7.07. The number of aryl methyl sites for hydroxylation is 1. The number of imidazole rings is 1. The molecule has 0 saturated carbocycles. The summed E-state index contributed by atoms with van der Waals surface area (Å²) in [7, 11) is 0. The van der Waals surface area contributed by atoms with Gasteiger partial charge in [0.05, 0.1) is 18.7 Å². The number of carbonyl (C=O) groups excluding carboxylic acids is 1. The normalized spacial score (nSPS) is 16.7. The highest BCUT2D eigenvalue weighted by atomic mass is 32.1. The molecule has 0 aromatic carbocycles. The number of carbonyl (C=O) groups is 1. The van der Waals surface area contributed by atoms with Crippen LogP contribution in [0.5, 0.6) is 0 Å². The first-order valence-corrected chi connectivity index (χ1v) is 8.63. The van der Waals surface area contributed by atoms with Gasteiger partial charge in [-0.1, -0.05) is 0 Å². The maximum Gasteiger partial charge on any atom is 0.239 e. The first-order chi connectivity index (χ1) is 11.2. The molecule has 0 bridgehead atoms. The van der Waals surface area contributed by atoms with E-state index in [4.69, 9.17) is 0 Å². The van der Waals surface area contributed by atoms with E-state index in [9.17, 15) is 10.1 Å². The molecule has 1 aliphatic heterocycles. The molecule has 2 aromatic rings. The van der Waals surface area contributed by atoms with Crippen LogP contribution in [0, 0.1) is 11.3 Å². The first-order valence-electron chi connectivity index (χ1n) is 7.81. The molecule has 0 atom stereocenters. The molecule has 1 amide bonds. The highest BCUT2D eigenvalue weighted by Gasteiger charge is 2.24. The quantitative estimate of drug-likeness (QED) is 0.932. The molecule has 1 N–H and O–H groups in total. The molecule has 2 aromatic heterocycles. The number of amides is 1. The van der Waals surface area contributed by atoms with E-state index in [2.05, 4.69) is 25.8 Å². The number of nitriles is 1. The Labute approximate surface area is 138 Å². The van der Waals surface area contributed by atoms with Crippen molar-refractivity contribution in [1.29, 1.82) is 5.26 Å².